The lowest BCUT2D eigenvalue weighted by molar-refractivity contribution is 0.0972. The van der Waals surface area contributed by atoms with Crippen molar-refractivity contribution >= 4 is 0 Å². The molecule has 0 heterocycles. The molecule has 1 N–H and O–H groups in total. The quantitative estimate of drug-likeness (QED) is 0.810. The molecule has 102 valence electrons. The van der Waals surface area contributed by atoms with E-state index in [0.29, 0.717) is 6.54 Å². The van der Waals surface area contributed by atoms with Crippen molar-refractivity contribution in [3.8, 4) is 5.75 Å². The summed E-state index contributed by atoms with van der Waals surface area (Å²) in [5.41, 5.74) is 2.03. The van der Waals surface area contributed by atoms with Crippen molar-refractivity contribution in [2.24, 2.45) is 0 Å². The average Bonchev–Trinajstić information content (AvgIpc) is 2.28. The highest BCUT2D eigenvalue weighted by Crippen LogP contribution is 2.21. The van der Waals surface area contributed by atoms with Crippen LogP contribution in [0.25, 0.3) is 0 Å². The van der Waals surface area contributed by atoms with Crippen LogP contribution in [0.1, 0.15) is 11.1 Å². The molecule has 0 saturated carbocycles. The normalized spacial score (nSPS) is 11.3. The van der Waals surface area contributed by atoms with Gasteiger partial charge in [0.2, 0.25) is 0 Å². The first-order valence-electron chi connectivity index (χ1n) is 5.84. The number of hydrogen-bond donors (Lipinski definition) is 1. The summed E-state index contributed by atoms with van der Waals surface area (Å²) >= 11 is 0. The predicted octanol–water partition coefficient (Wildman–Crippen LogP) is 2.11. The average molecular weight is 258 g/mol. The second-order valence-electron chi connectivity index (χ2n) is 4.26. The molecule has 0 amide bonds. The monoisotopic (exact) mass is 258 g/mol. The molecule has 3 nitrogen and oxygen atoms in total. The van der Waals surface area contributed by atoms with Gasteiger partial charge in [-0.25, -0.2) is 8.78 Å². The Morgan fingerprint density at radius 3 is 2.67 bits per heavy atom. The van der Waals surface area contributed by atoms with Crippen molar-refractivity contribution in [2.75, 3.05) is 27.7 Å². The number of nitrogens with one attached hydrogen (secondary N) is 1. The summed E-state index contributed by atoms with van der Waals surface area (Å²) in [4.78, 5) is 1.59. The Morgan fingerprint density at radius 2 is 2.11 bits per heavy atom. The summed E-state index contributed by atoms with van der Waals surface area (Å²) in [6.07, 6.45) is -2.32. The maximum Gasteiger partial charge on any atom is 0.251 e. The van der Waals surface area contributed by atoms with E-state index in [2.05, 4.69) is 5.32 Å². The number of halogens is 2. The summed E-state index contributed by atoms with van der Waals surface area (Å²) in [6.45, 7) is 0.958. The maximum absolute atomic E-state index is 12.3. The van der Waals surface area contributed by atoms with E-state index in [0.717, 1.165) is 23.4 Å². The molecule has 0 aliphatic rings. The molecule has 18 heavy (non-hydrogen) atoms. The first kappa shape index (κ1) is 14.9. The van der Waals surface area contributed by atoms with Gasteiger partial charge in [-0.15, -0.1) is 0 Å². The third-order valence-electron chi connectivity index (χ3n) is 2.62. The van der Waals surface area contributed by atoms with E-state index in [-0.39, 0.29) is 6.54 Å². The molecule has 0 spiro atoms. The van der Waals surface area contributed by atoms with Gasteiger partial charge in [-0.3, -0.25) is 4.90 Å². The van der Waals surface area contributed by atoms with Gasteiger partial charge >= 0.3 is 0 Å². The molecular weight excluding hydrogens is 238 g/mol. The Bertz CT molecular complexity index is 372. The molecule has 0 saturated heterocycles. The largest absolute Gasteiger partial charge is 0.496 e. The number of alkyl halides is 2. The van der Waals surface area contributed by atoms with Gasteiger partial charge in [0.25, 0.3) is 6.43 Å². The van der Waals surface area contributed by atoms with Crippen molar-refractivity contribution in [1.82, 2.24) is 10.2 Å². The van der Waals surface area contributed by atoms with Crippen LogP contribution in [0.3, 0.4) is 0 Å². The van der Waals surface area contributed by atoms with Crippen LogP contribution >= 0.6 is 0 Å². The molecule has 0 atom stereocenters. The van der Waals surface area contributed by atoms with Gasteiger partial charge in [0.15, 0.2) is 0 Å². The summed E-state index contributed by atoms with van der Waals surface area (Å²) in [7, 11) is 5.13. The van der Waals surface area contributed by atoms with Gasteiger partial charge in [0, 0.05) is 18.7 Å². The Balaban J connectivity index is 2.80. The van der Waals surface area contributed by atoms with E-state index in [9.17, 15) is 8.78 Å². The fourth-order valence-electron chi connectivity index (χ4n) is 1.86. The topological polar surface area (TPSA) is 24.5 Å². The first-order chi connectivity index (χ1) is 8.56. The zero-order chi connectivity index (χ0) is 13.5. The molecule has 5 heteroatoms. The molecule has 1 aromatic carbocycles. The SMILES string of the molecule is CNCc1ccc(OC)c(CN(C)CC(F)F)c1. The van der Waals surface area contributed by atoms with Crippen molar-refractivity contribution in [2.45, 2.75) is 19.5 Å². The zero-order valence-electron chi connectivity index (χ0n) is 11.0. The Hall–Kier alpha value is -1.20. The maximum atomic E-state index is 12.3. The molecular formula is C13H20F2N2O. The highest BCUT2D eigenvalue weighted by molar-refractivity contribution is 5.37. The minimum atomic E-state index is -2.32. The van der Waals surface area contributed by atoms with Crippen LogP contribution in [0.15, 0.2) is 18.2 Å². The number of methoxy groups -OCH3 is 1. The standard InChI is InChI=1S/C13H20F2N2O/c1-16-7-10-4-5-12(18-3)11(6-10)8-17(2)9-13(14)15/h4-6,13,16H,7-9H2,1-3H3. The third-order valence-corrected chi connectivity index (χ3v) is 2.62. The molecule has 0 aliphatic heterocycles. The molecule has 0 bridgehead atoms. The third kappa shape index (κ3) is 4.58. The molecule has 0 radical (unpaired) electrons. The van der Waals surface area contributed by atoms with Gasteiger partial charge in [-0.2, -0.15) is 0 Å². The van der Waals surface area contributed by atoms with E-state index in [4.69, 9.17) is 4.74 Å². The van der Waals surface area contributed by atoms with Crippen LogP contribution in [-0.2, 0) is 13.1 Å². The minimum Gasteiger partial charge on any atom is -0.496 e. The van der Waals surface area contributed by atoms with Gasteiger partial charge in [0.1, 0.15) is 5.75 Å². The van der Waals surface area contributed by atoms with Crippen LogP contribution in [0, 0.1) is 0 Å². The van der Waals surface area contributed by atoms with E-state index < -0.39 is 6.43 Å². The summed E-state index contributed by atoms with van der Waals surface area (Å²) in [5.74, 6) is 0.732. The second-order valence-corrected chi connectivity index (χ2v) is 4.26. The van der Waals surface area contributed by atoms with E-state index in [1.807, 2.05) is 25.2 Å². The van der Waals surface area contributed by atoms with Crippen LogP contribution in [-0.4, -0.2) is 39.1 Å². The lowest BCUT2D eigenvalue weighted by Gasteiger charge is -2.18. The Morgan fingerprint density at radius 1 is 1.39 bits per heavy atom. The highest BCUT2D eigenvalue weighted by atomic mass is 19.3. The van der Waals surface area contributed by atoms with E-state index >= 15 is 0 Å². The fourth-order valence-corrected chi connectivity index (χ4v) is 1.86. The van der Waals surface area contributed by atoms with Crippen LogP contribution in [0.2, 0.25) is 0 Å². The van der Waals surface area contributed by atoms with E-state index in [1.54, 1.807) is 19.1 Å². The Labute approximate surface area is 107 Å². The molecule has 1 aromatic rings. The van der Waals surface area contributed by atoms with Gasteiger partial charge in [-0.1, -0.05) is 6.07 Å². The predicted molar refractivity (Wildman–Crippen MR) is 68.1 cm³/mol. The summed E-state index contributed by atoms with van der Waals surface area (Å²) < 4.78 is 29.8. The van der Waals surface area contributed by atoms with Crippen LogP contribution < -0.4 is 10.1 Å². The summed E-state index contributed by atoms with van der Waals surface area (Å²) in [5, 5.41) is 3.06. The number of rotatable bonds is 7. The summed E-state index contributed by atoms with van der Waals surface area (Å²) in [6, 6.07) is 5.82. The molecule has 1 rings (SSSR count). The molecule has 0 unspecified atom stereocenters. The Kier molecular flexibility index (Phi) is 6.01. The zero-order valence-corrected chi connectivity index (χ0v) is 11.0. The van der Waals surface area contributed by atoms with E-state index in [1.165, 1.54) is 0 Å². The lowest BCUT2D eigenvalue weighted by Crippen LogP contribution is -2.24. The van der Waals surface area contributed by atoms with Crippen molar-refractivity contribution in [3.63, 3.8) is 0 Å². The van der Waals surface area contributed by atoms with Crippen molar-refractivity contribution < 1.29 is 13.5 Å². The number of nitrogens with zero attached hydrogens (tertiary/aromatic N) is 1. The van der Waals surface area contributed by atoms with Gasteiger partial charge in [0.05, 0.1) is 13.7 Å². The van der Waals surface area contributed by atoms with Crippen molar-refractivity contribution in [1.29, 1.82) is 0 Å². The minimum absolute atomic E-state index is 0.237. The van der Waals surface area contributed by atoms with Crippen LogP contribution in [0.4, 0.5) is 8.78 Å². The van der Waals surface area contributed by atoms with Gasteiger partial charge in [-0.05, 0) is 31.8 Å². The lowest BCUT2D eigenvalue weighted by atomic mass is 10.1. The van der Waals surface area contributed by atoms with Crippen molar-refractivity contribution in [3.05, 3.63) is 29.3 Å². The molecule has 0 aromatic heterocycles. The number of ether oxygens (including phenoxy) is 1. The first-order valence-corrected chi connectivity index (χ1v) is 5.84. The number of hydrogen-bond acceptors (Lipinski definition) is 3. The molecule has 0 fully saturated rings. The smallest absolute Gasteiger partial charge is 0.251 e. The number of benzene rings is 1. The fraction of sp³-hybridized carbons (Fsp3) is 0.538. The van der Waals surface area contributed by atoms with Crippen LogP contribution in [0.5, 0.6) is 5.75 Å². The molecule has 0 aliphatic carbocycles. The second kappa shape index (κ2) is 7.28. The van der Waals surface area contributed by atoms with Gasteiger partial charge < -0.3 is 10.1 Å². The highest BCUT2D eigenvalue weighted by Gasteiger charge is 2.11.